The van der Waals surface area contributed by atoms with Crippen molar-refractivity contribution < 1.29 is 0 Å². The highest BCUT2D eigenvalue weighted by atomic mass is 79.9. The first-order valence-corrected chi connectivity index (χ1v) is 5.32. The second-order valence-electron chi connectivity index (χ2n) is 2.96. The quantitative estimate of drug-likeness (QED) is 0.914. The van der Waals surface area contributed by atoms with Crippen LogP contribution in [0.5, 0.6) is 0 Å². The largest absolute Gasteiger partial charge is 0.367 e. The fourth-order valence-electron chi connectivity index (χ4n) is 1.16. The van der Waals surface area contributed by atoms with Gasteiger partial charge in [-0.25, -0.2) is 4.98 Å². The molecule has 0 bridgehead atoms. The van der Waals surface area contributed by atoms with Crippen LogP contribution in [0.15, 0.2) is 35.5 Å². The van der Waals surface area contributed by atoms with Gasteiger partial charge in [-0.3, -0.25) is 0 Å². The molecule has 5 nitrogen and oxygen atoms in total. The molecule has 0 spiro atoms. The zero-order valence-electron chi connectivity index (χ0n) is 7.97. The van der Waals surface area contributed by atoms with Crippen molar-refractivity contribution in [1.82, 2.24) is 19.7 Å². The fourth-order valence-corrected chi connectivity index (χ4v) is 1.55. The maximum absolute atomic E-state index is 4.20. The number of rotatable bonds is 4. The summed E-state index contributed by atoms with van der Waals surface area (Å²) >= 11 is 3.42. The number of nitrogens with zero attached hydrogens (tertiary/aromatic N) is 4. The lowest BCUT2D eigenvalue weighted by Gasteiger charge is -2.06. The Bertz CT molecular complexity index is 414. The predicted octanol–water partition coefficient (Wildman–Crippen LogP) is 1.55. The van der Waals surface area contributed by atoms with Gasteiger partial charge in [0.05, 0.1) is 4.47 Å². The number of aromatic nitrogens is 4. The van der Waals surface area contributed by atoms with Crippen molar-refractivity contribution in [2.75, 3.05) is 11.9 Å². The minimum atomic E-state index is 0.785. The minimum absolute atomic E-state index is 0.785. The molecule has 2 rings (SSSR count). The van der Waals surface area contributed by atoms with Crippen molar-refractivity contribution in [1.29, 1.82) is 0 Å². The van der Waals surface area contributed by atoms with Gasteiger partial charge in [0, 0.05) is 19.3 Å². The van der Waals surface area contributed by atoms with Crippen molar-refractivity contribution >= 4 is 21.7 Å². The molecule has 6 heteroatoms. The Hall–Kier alpha value is -1.43. The van der Waals surface area contributed by atoms with Gasteiger partial charge in [0.25, 0.3) is 0 Å². The number of anilines is 1. The summed E-state index contributed by atoms with van der Waals surface area (Å²) in [6, 6.07) is 3.84. The van der Waals surface area contributed by atoms with Crippen molar-refractivity contribution in [3.8, 4) is 0 Å². The molecule has 0 fully saturated rings. The van der Waals surface area contributed by atoms with Gasteiger partial charge in [0.2, 0.25) is 0 Å². The molecule has 78 valence electrons. The number of hydrogen-bond acceptors (Lipinski definition) is 4. The number of pyridine rings is 1. The molecule has 1 N–H and O–H groups in total. The van der Waals surface area contributed by atoms with E-state index in [0.717, 1.165) is 23.4 Å². The van der Waals surface area contributed by atoms with Crippen LogP contribution in [-0.4, -0.2) is 26.3 Å². The molecule has 0 aromatic carbocycles. The number of halogens is 1. The Morgan fingerprint density at radius 3 is 2.87 bits per heavy atom. The summed E-state index contributed by atoms with van der Waals surface area (Å²) in [5.74, 6) is 0.852. The first-order valence-electron chi connectivity index (χ1n) is 4.53. The Balaban J connectivity index is 1.86. The lowest BCUT2D eigenvalue weighted by atomic mass is 10.4. The molecule has 0 unspecified atom stereocenters. The Kier molecular flexibility index (Phi) is 3.29. The van der Waals surface area contributed by atoms with Gasteiger partial charge in [-0.1, -0.05) is 0 Å². The van der Waals surface area contributed by atoms with Crippen LogP contribution >= 0.6 is 15.9 Å². The average molecular weight is 268 g/mol. The van der Waals surface area contributed by atoms with Crippen LogP contribution in [0, 0.1) is 0 Å². The molecule has 2 heterocycles. The third kappa shape index (κ3) is 2.76. The molecule has 0 saturated heterocycles. The van der Waals surface area contributed by atoms with E-state index in [0.29, 0.717) is 0 Å². The van der Waals surface area contributed by atoms with Crippen LogP contribution in [0.4, 0.5) is 5.82 Å². The summed E-state index contributed by atoms with van der Waals surface area (Å²) in [7, 11) is 0. The second-order valence-corrected chi connectivity index (χ2v) is 3.81. The molecule has 0 aliphatic heterocycles. The molecule has 2 aromatic heterocycles. The van der Waals surface area contributed by atoms with E-state index in [2.05, 4.69) is 36.4 Å². The van der Waals surface area contributed by atoms with Gasteiger partial charge in [-0.2, -0.15) is 0 Å². The SMILES string of the molecule is Brc1cccnc1NCCn1cnnc1. The summed E-state index contributed by atoms with van der Waals surface area (Å²) in [6.45, 7) is 1.60. The van der Waals surface area contributed by atoms with Crippen LogP contribution in [0.1, 0.15) is 0 Å². The lowest BCUT2D eigenvalue weighted by molar-refractivity contribution is 0.722. The highest BCUT2D eigenvalue weighted by Crippen LogP contribution is 2.17. The van der Waals surface area contributed by atoms with E-state index in [1.54, 1.807) is 18.9 Å². The Labute approximate surface area is 95.7 Å². The minimum Gasteiger partial charge on any atom is -0.367 e. The molecule has 0 saturated carbocycles. The highest BCUT2D eigenvalue weighted by molar-refractivity contribution is 9.10. The normalized spacial score (nSPS) is 10.2. The molecule has 0 radical (unpaired) electrons. The van der Waals surface area contributed by atoms with Crippen LogP contribution < -0.4 is 5.32 Å². The summed E-state index contributed by atoms with van der Waals surface area (Å²) in [6.07, 6.45) is 5.14. The van der Waals surface area contributed by atoms with Gasteiger partial charge in [-0.05, 0) is 28.1 Å². The summed E-state index contributed by atoms with van der Waals surface area (Å²) < 4.78 is 2.87. The Morgan fingerprint density at radius 1 is 1.33 bits per heavy atom. The number of hydrogen-bond donors (Lipinski definition) is 1. The van der Waals surface area contributed by atoms with Crippen molar-refractivity contribution in [2.24, 2.45) is 0 Å². The maximum atomic E-state index is 4.20. The molecule has 0 atom stereocenters. The van der Waals surface area contributed by atoms with Gasteiger partial charge in [0.1, 0.15) is 18.5 Å². The van der Waals surface area contributed by atoms with Gasteiger partial charge in [0.15, 0.2) is 0 Å². The zero-order chi connectivity index (χ0) is 10.5. The third-order valence-corrected chi connectivity index (χ3v) is 2.53. The predicted molar refractivity (Wildman–Crippen MR) is 60.4 cm³/mol. The number of nitrogens with one attached hydrogen (secondary N) is 1. The van der Waals surface area contributed by atoms with Gasteiger partial charge in [-0.15, -0.1) is 10.2 Å². The van der Waals surface area contributed by atoms with Crippen molar-refractivity contribution in [3.05, 3.63) is 35.5 Å². The second kappa shape index (κ2) is 4.88. The van der Waals surface area contributed by atoms with E-state index in [9.17, 15) is 0 Å². The Morgan fingerprint density at radius 2 is 2.13 bits per heavy atom. The lowest BCUT2D eigenvalue weighted by Crippen LogP contribution is -2.10. The molecule has 15 heavy (non-hydrogen) atoms. The molecular formula is C9H10BrN5. The molecule has 0 aliphatic carbocycles. The topological polar surface area (TPSA) is 55.6 Å². The van der Waals surface area contributed by atoms with Crippen LogP contribution in [0.25, 0.3) is 0 Å². The fraction of sp³-hybridized carbons (Fsp3) is 0.222. The monoisotopic (exact) mass is 267 g/mol. The van der Waals surface area contributed by atoms with E-state index in [-0.39, 0.29) is 0 Å². The van der Waals surface area contributed by atoms with E-state index in [1.807, 2.05) is 16.7 Å². The van der Waals surface area contributed by atoms with Crippen LogP contribution in [-0.2, 0) is 6.54 Å². The van der Waals surface area contributed by atoms with Crippen LogP contribution in [0.2, 0.25) is 0 Å². The van der Waals surface area contributed by atoms with E-state index in [4.69, 9.17) is 0 Å². The van der Waals surface area contributed by atoms with E-state index < -0.39 is 0 Å². The average Bonchev–Trinajstić information content (AvgIpc) is 2.74. The van der Waals surface area contributed by atoms with E-state index >= 15 is 0 Å². The molecular weight excluding hydrogens is 258 g/mol. The molecule has 0 amide bonds. The van der Waals surface area contributed by atoms with Crippen LogP contribution in [0.3, 0.4) is 0 Å². The van der Waals surface area contributed by atoms with Crippen molar-refractivity contribution in [2.45, 2.75) is 6.54 Å². The third-order valence-electron chi connectivity index (χ3n) is 1.89. The first-order chi connectivity index (χ1) is 7.36. The van der Waals surface area contributed by atoms with Gasteiger partial charge < -0.3 is 9.88 Å². The highest BCUT2D eigenvalue weighted by Gasteiger charge is 1.98. The molecule has 2 aromatic rings. The van der Waals surface area contributed by atoms with Gasteiger partial charge >= 0.3 is 0 Å². The summed E-state index contributed by atoms with van der Waals surface area (Å²) in [5.41, 5.74) is 0. The standard InChI is InChI=1S/C9H10BrN5/c10-8-2-1-3-11-9(8)12-4-5-15-6-13-14-7-15/h1-3,6-7H,4-5H2,(H,11,12). The van der Waals surface area contributed by atoms with E-state index in [1.165, 1.54) is 0 Å². The zero-order valence-corrected chi connectivity index (χ0v) is 9.55. The maximum Gasteiger partial charge on any atom is 0.140 e. The first kappa shape index (κ1) is 10.1. The summed E-state index contributed by atoms with van der Waals surface area (Å²) in [5, 5.41) is 10.7. The molecule has 0 aliphatic rings. The smallest absolute Gasteiger partial charge is 0.140 e. The summed E-state index contributed by atoms with van der Waals surface area (Å²) in [4.78, 5) is 4.20. The van der Waals surface area contributed by atoms with Crippen molar-refractivity contribution in [3.63, 3.8) is 0 Å².